The van der Waals surface area contributed by atoms with E-state index in [-0.39, 0.29) is 6.04 Å². The third-order valence-corrected chi connectivity index (χ3v) is 4.19. The van der Waals surface area contributed by atoms with Gasteiger partial charge in [-0.3, -0.25) is 4.90 Å². The van der Waals surface area contributed by atoms with Crippen LogP contribution >= 0.6 is 0 Å². The summed E-state index contributed by atoms with van der Waals surface area (Å²) in [7, 11) is 0. The number of carbonyl (C=O) groups is 1. The highest BCUT2D eigenvalue weighted by Gasteiger charge is 2.38. The summed E-state index contributed by atoms with van der Waals surface area (Å²) in [6.07, 6.45) is 2.00. The largest absolute Gasteiger partial charge is 0.465 e. The first-order valence-corrected chi connectivity index (χ1v) is 7.49. The number of aliphatic hydroxyl groups is 1. The van der Waals surface area contributed by atoms with Crippen LogP contribution in [0.3, 0.4) is 0 Å². The topological polar surface area (TPSA) is 60.8 Å². The summed E-state index contributed by atoms with van der Waals surface area (Å²) in [5, 5.41) is 20.0. The Balaban J connectivity index is 2.24. The number of benzene rings is 1. The lowest BCUT2D eigenvalue weighted by Crippen LogP contribution is -2.51. The first kappa shape index (κ1) is 15.8. The third kappa shape index (κ3) is 3.53. The summed E-state index contributed by atoms with van der Waals surface area (Å²) in [6, 6.07) is 5.19. The number of nitrogens with zero attached hydrogens (tertiary/aromatic N) is 1. The molecule has 1 aliphatic rings. The summed E-state index contributed by atoms with van der Waals surface area (Å²) in [4.78, 5) is 13.0. The number of piperidine rings is 1. The van der Waals surface area contributed by atoms with Crippen molar-refractivity contribution in [1.29, 1.82) is 0 Å². The maximum Gasteiger partial charge on any atom is 0.407 e. The number of aliphatic hydroxyl groups excluding tert-OH is 1. The van der Waals surface area contributed by atoms with Gasteiger partial charge in [-0.15, -0.1) is 0 Å². The molecular weight excluding hydrogens is 273 g/mol. The van der Waals surface area contributed by atoms with E-state index in [1.807, 2.05) is 6.92 Å². The highest BCUT2D eigenvalue weighted by molar-refractivity contribution is 5.66. The van der Waals surface area contributed by atoms with Gasteiger partial charge in [-0.25, -0.2) is 9.18 Å². The van der Waals surface area contributed by atoms with Crippen molar-refractivity contribution in [3.63, 3.8) is 0 Å². The van der Waals surface area contributed by atoms with Crippen LogP contribution < -0.4 is 0 Å². The number of rotatable bonds is 4. The van der Waals surface area contributed by atoms with Gasteiger partial charge in [0.05, 0.1) is 12.1 Å². The van der Waals surface area contributed by atoms with Crippen molar-refractivity contribution in [2.24, 2.45) is 0 Å². The molecule has 0 bridgehead atoms. The number of halogens is 1. The van der Waals surface area contributed by atoms with Crippen molar-refractivity contribution in [1.82, 2.24) is 4.90 Å². The van der Waals surface area contributed by atoms with Crippen LogP contribution in [-0.2, 0) is 0 Å². The molecule has 1 amide bonds. The van der Waals surface area contributed by atoms with Crippen LogP contribution in [0.4, 0.5) is 9.18 Å². The Hall–Kier alpha value is -1.62. The van der Waals surface area contributed by atoms with Crippen LogP contribution in [0.25, 0.3) is 0 Å². The van der Waals surface area contributed by atoms with Gasteiger partial charge in [0.25, 0.3) is 0 Å². The van der Waals surface area contributed by atoms with Crippen LogP contribution in [-0.4, -0.2) is 33.3 Å². The third-order valence-electron chi connectivity index (χ3n) is 4.19. The minimum atomic E-state index is -1.01. The predicted octanol–water partition coefficient (Wildman–Crippen LogP) is 3.56. The van der Waals surface area contributed by atoms with Crippen molar-refractivity contribution in [3.8, 4) is 0 Å². The minimum Gasteiger partial charge on any atom is -0.465 e. The Morgan fingerprint density at radius 1 is 1.48 bits per heavy atom. The van der Waals surface area contributed by atoms with Gasteiger partial charge in [-0.2, -0.15) is 0 Å². The molecule has 1 aromatic rings. The zero-order valence-corrected chi connectivity index (χ0v) is 12.2. The summed E-state index contributed by atoms with van der Waals surface area (Å²) in [6.45, 7) is 2.02. The summed E-state index contributed by atoms with van der Waals surface area (Å²) in [5.41, 5.74) is 0.434. The zero-order valence-electron chi connectivity index (χ0n) is 12.2. The first-order valence-electron chi connectivity index (χ1n) is 7.49. The zero-order chi connectivity index (χ0) is 15.4. The van der Waals surface area contributed by atoms with Crippen LogP contribution in [0.2, 0.25) is 0 Å². The monoisotopic (exact) mass is 295 g/mol. The molecule has 21 heavy (non-hydrogen) atoms. The Bertz CT molecular complexity index is 492. The lowest BCUT2D eigenvalue weighted by atomic mass is 9.88. The number of likely N-dealkylation sites (tertiary alicyclic amines) is 1. The van der Waals surface area contributed by atoms with Gasteiger partial charge in [0, 0.05) is 6.04 Å². The van der Waals surface area contributed by atoms with Gasteiger partial charge >= 0.3 is 6.09 Å². The number of hydrogen-bond donors (Lipinski definition) is 2. The number of carboxylic acid groups (broad SMARTS) is 1. The average Bonchev–Trinajstić information content (AvgIpc) is 2.46. The smallest absolute Gasteiger partial charge is 0.407 e. The van der Waals surface area contributed by atoms with E-state index < -0.39 is 24.1 Å². The average molecular weight is 295 g/mol. The summed E-state index contributed by atoms with van der Waals surface area (Å²) >= 11 is 0. The molecule has 1 fully saturated rings. The van der Waals surface area contributed by atoms with Crippen LogP contribution in [0, 0.1) is 5.82 Å². The molecule has 3 atom stereocenters. The number of hydrogen-bond acceptors (Lipinski definition) is 2. The minimum absolute atomic E-state index is 0.0607. The van der Waals surface area contributed by atoms with Crippen LogP contribution in [0.1, 0.15) is 50.7 Å². The van der Waals surface area contributed by atoms with Crippen molar-refractivity contribution < 1.29 is 19.4 Å². The molecule has 0 aliphatic carbocycles. The Morgan fingerprint density at radius 2 is 2.24 bits per heavy atom. The Kier molecular flexibility index (Phi) is 5.17. The van der Waals surface area contributed by atoms with Crippen molar-refractivity contribution >= 4 is 6.09 Å². The molecule has 2 N–H and O–H groups in total. The fourth-order valence-corrected chi connectivity index (χ4v) is 3.25. The maximum absolute atomic E-state index is 13.3. The molecule has 4 nitrogen and oxygen atoms in total. The van der Waals surface area contributed by atoms with Gasteiger partial charge in [-0.1, -0.05) is 25.5 Å². The van der Waals surface area contributed by atoms with E-state index in [1.165, 1.54) is 23.1 Å². The molecule has 1 aliphatic heterocycles. The highest BCUT2D eigenvalue weighted by atomic mass is 19.1. The molecule has 0 aromatic heterocycles. The molecule has 0 spiro atoms. The van der Waals surface area contributed by atoms with E-state index in [9.17, 15) is 19.4 Å². The standard InChI is InChI=1S/C16H22FNO3/c1-2-5-13-8-4-9-14(18(13)16(20)21)15(19)11-6-3-7-12(17)10-11/h3,6-7,10,13-15,19H,2,4-5,8-9H2,1H3,(H,20,21)/t13-,14+,15-/m0/s1. The molecule has 1 aromatic carbocycles. The van der Waals surface area contributed by atoms with Gasteiger partial charge in [0.15, 0.2) is 0 Å². The van der Waals surface area contributed by atoms with Crippen molar-refractivity contribution in [2.75, 3.05) is 0 Å². The van der Waals surface area contributed by atoms with Crippen LogP contribution in [0.15, 0.2) is 24.3 Å². The lowest BCUT2D eigenvalue weighted by molar-refractivity contribution is 0.000219. The second-order valence-electron chi connectivity index (χ2n) is 5.63. The van der Waals surface area contributed by atoms with Crippen molar-refractivity contribution in [3.05, 3.63) is 35.6 Å². The molecule has 0 saturated carbocycles. The van der Waals surface area contributed by atoms with Gasteiger partial charge in [0.2, 0.25) is 0 Å². The van der Waals surface area contributed by atoms with E-state index >= 15 is 0 Å². The Labute approximate surface area is 124 Å². The molecule has 5 heteroatoms. The van der Waals surface area contributed by atoms with Gasteiger partial charge < -0.3 is 10.2 Å². The van der Waals surface area contributed by atoms with Crippen molar-refractivity contribution in [2.45, 2.75) is 57.2 Å². The molecule has 0 radical (unpaired) electrons. The normalized spacial score (nSPS) is 23.9. The molecule has 2 rings (SSSR count). The fraction of sp³-hybridized carbons (Fsp3) is 0.562. The van der Waals surface area contributed by atoms with Gasteiger partial charge in [-0.05, 0) is 43.4 Å². The number of amides is 1. The quantitative estimate of drug-likeness (QED) is 0.893. The fourth-order valence-electron chi connectivity index (χ4n) is 3.25. The van der Waals surface area contributed by atoms with E-state index in [1.54, 1.807) is 6.07 Å². The lowest BCUT2D eigenvalue weighted by Gasteiger charge is -2.42. The van der Waals surface area contributed by atoms with E-state index in [0.717, 1.165) is 25.7 Å². The summed E-state index contributed by atoms with van der Waals surface area (Å²) in [5.74, 6) is -0.422. The molecule has 1 heterocycles. The molecule has 0 unspecified atom stereocenters. The summed E-state index contributed by atoms with van der Waals surface area (Å²) < 4.78 is 13.3. The highest BCUT2D eigenvalue weighted by Crippen LogP contribution is 2.33. The predicted molar refractivity (Wildman–Crippen MR) is 77.6 cm³/mol. The Morgan fingerprint density at radius 3 is 2.86 bits per heavy atom. The molecular formula is C16H22FNO3. The van der Waals surface area contributed by atoms with Crippen LogP contribution in [0.5, 0.6) is 0 Å². The van der Waals surface area contributed by atoms with E-state index in [4.69, 9.17) is 0 Å². The van der Waals surface area contributed by atoms with E-state index in [2.05, 4.69) is 0 Å². The molecule has 1 saturated heterocycles. The molecule has 116 valence electrons. The maximum atomic E-state index is 13.3. The second-order valence-corrected chi connectivity index (χ2v) is 5.63. The first-order chi connectivity index (χ1) is 10.0. The van der Waals surface area contributed by atoms with Gasteiger partial charge in [0.1, 0.15) is 5.82 Å². The SMILES string of the molecule is CCC[C@H]1CCC[C@H]([C@@H](O)c2cccc(F)c2)N1C(=O)O. The second kappa shape index (κ2) is 6.89. The van der Waals surface area contributed by atoms with E-state index in [0.29, 0.717) is 12.0 Å².